The smallest absolute Gasteiger partial charge is 0.304 e. The van der Waals surface area contributed by atoms with Gasteiger partial charge in [-0.05, 0) is 47.2 Å². The summed E-state index contributed by atoms with van der Waals surface area (Å²) in [5.74, 6) is -0.217. The highest BCUT2D eigenvalue weighted by molar-refractivity contribution is 5.88. The van der Waals surface area contributed by atoms with Gasteiger partial charge in [-0.2, -0.15) is 0 Å². The lowest BCUT2D eigenvalue weighted by atomic mass is 9.86. The maximum Gasteiger partial charge on any atom is 0.304 e. The van der Waals surface area contributed by atoms with E-state index in [1.54, 1.807) is 0 Å². The molecule has 2 aliphatic rings. The van der Waals surface area contributed by atoms with Gasteiger partial charge in [0, 0.05) is 25.9 Å². The number of oxazole rings is 2. The molecule has 2 unspecified atom stereocenters. The molecule has 2 atom stereocenters. The lowest BCUT2D eigenvalue weighted by molar-refractivity contribution is 0.0957. The number of nitrogens with one attached hydrogen (secondary N) is 2. The maximum atomic E-state index is 11.7. The van der Waals surface area contributed by atoms with Crippen LogP contribution in [-0.2, 0) is 12.8 Å². The second-order valence-electron chi connectivity index (χ2n) is 9.70. The first-order chi connectivity index (χ1) is 18.3. The fraction of sp³-hybridized carbons (Fsp3) is 0.286. The van der Waals surface area contributed by atoms with Gasteiger partial charge in [0.1, 0.15) is 11.5 Å². The van der Waals surface area contributed by atoms with Gasteiger partial charge in [-0.25, -0.2) is 9.97 Å². The van der Waals surface area contributed by atoms with Crippen LogP contribution in [0.2, 0.25) is 0 Å². The molecule has 0 saturated carbocycles. The second kappa shape index (κ2) is 9.23. The van der Waals surface area contributed by atoms with E-state index in [9.17, 15) is 9.59 Å². The minimum atomic E-state index is -0.676. The highest BCUT2D eigenvalue weighted by Gasteiger charge is 2.32. The molecule has 0 aliphatic carbocycles. The molecule has 2 amide bonds. The summed E-state index contributed by atoms with van der Waals surface area (Å²) in [6.45, 7) is 5.59. The lowest BCUT2D eigenvalue weighted by Crippen LogP contribution is -2.31. The Morgan fingerprint density at radius 1 is 0.763 bits per heavy atom. The minimum Gasteiger partial charge on any atom is -0.435 e. The fourth-order valence-corrected chi connectivity index (χ4v) is 5.62. The van der Waals surface area contributed by atoms with Gasteiger partial charge in [0.25, 0.3) is 11.8 Å². The maximum absolute atomic E-state index is 11.7. The highest BCUT2D eigenvalue weighted by atomic mass is 16.4. The number of aromatic nitrogens is 2. The molecule has 4 aromatic rings. The van der Waals surface area contributed by atoms with Crippen LogP contribution < -0.4 is 22.1 Å². The number of hydrogen-bond acceptors (Lipinski definition) is 8. The van der Waals surface area contributed by atoms with Crippen LogP contribution in [0.15, 0.2) is 45.2 Å². The van der Waals surface area contributed by atoms with Crippen LogP contribution in [0, 0.1) is 13.8 Å². The summed E-state index contributed by atoms with van der Waals surface area (Å²) < 4.78 is 11.6. The molecule has 6 N–H and O–H groups in total. The number of fused-ring (bicyclic) bond motifs is 2. The molecule has 2 aliphatic heterocycles. The first kappa shape index (κ1) is 24.1. The zero-order valence-corrected chi connectivity index (χ0v) is 21.1. The molecule has 10 nitrogen and oxygen atoms in total. The van der Waals surface area contributed by atoms with Crippen molar-refractivity contribution in [1.29, 1.82) is 0 Å². The highest BCUT2D eigenvalue weighted by Crippen LogP contribution is 2.39. The van der Waals surface area contributed by atoms with Crippen molar-refractivity contribution in [3.8, 4) is 11.1 Å². The van der Waals surface area contributed by atoms with Gasteiger partial charge in [-0.3, -0.25) is 9.59 Å². The van der Waals surface area contributed by atoms with E-state index in [0.717, 1.165) is 44.8 Å². The molecule has 0 saturated heterocycles. The number of carbonyl (C=O) groups excluding carboxylic acids is 2. The van der Waals surface area contributed by atoms with E-state index < -0.39 is 11.8 Å². The number of hydrogen-bond donors (Lipinski definition) is 4. The largest absolute Gasteiger partial charge is 0.435 e. The number of nitrogens with two attached hydrogens (primary N) is 2. The third kappa shape index (κ3) is 3.89. The molecule has 0 spiro atoms. The van der Waals surface area contributed by atoms with Gasteiger partial charge in [-0.15, -0.1) is 0 Å². The van der Waals surface area contributed by atoms with E-state index in [1.165, 1.54) is 0 Å². The average molecular weight is 513 g/mol. The van der Waals surface area contributed by atoms with Crippen LogP contribution >= 0.6 is 0 Å². The van der Waals surface area contributed by atoms with Crippen LogP contribution in [0.1, 0.15) is 78.6 Å². The van der Waals surface area contributed by atoms with Crippen molar-refractivity contribution >= 4 is 11.8 Å². The Balaban J connectivity index is 1.41. The van der Waals surface area contributed by atoms with E-state index in [0.29, 0.717) is 37.5 Å². The van der Waals surface area contributed by atoms with Crippen LogP contribution in [0.25, 0.3) is 11.1 Å². The number of amides is 2. The van der Waals surface area contributed by atoms with Gasteiger partial charge >= 0.3 is 11.8 Å². The van der Waals surface area contributed by atoms with Gasteiger partial charge in [-0.1, -0.05) is 36.4 Å². The molecule has 10 heteroatoms. The molecule has 4 heterocycles. The standard InChI is InChI=1S/C28H28N6O4/c1-13-15(5-3-7-17(13)21-23-19(9-11-31-21)33-27(37-23)25(29)35)16-6-4-8-18(14(16)2)22-24-20(10-12-32-22)34-28(38-24)26(30)36/h3-8,21-22,31-32H,9-12H2,1-2H3,(H2,29,35)(H2,30,36). The van der Waals surface area contributed by atoms with Crippen molar-refractivity contribution in [3.63, 3.8) is 0 Å². The van der Waals surface area contributed by atoms with Crippen molar-refractivity contribution in [2.75, 3.05) is 13.1 Å². The van der Waals surface area contributed by atoms with Gasteiger partial charge in [0.05, 0.1) is 23.5 Å². The average Bonchev–Trinajstić information content (AvgIpc) is 3.54. The lowest BCUT2D eigenvalue weighted by Gasteiger charge is -2.26. The van der Waals surface area contributed by atoms with Gasteiger partial charge < -0.3 is 30.9 Å². The van der Waals surface area contributed by atoms with E-state index in [1.807, 2.05) is 12.1 Å². The normalized spacial score (nSPS) is 18.6. The van der Waals surface area contributed by atoms with Crippen LogP contribution in [0.3, 0.4) is 0 Å². The number of nitrogens with zero attached hydrogens (tertiary/aromatic N) is 2. The fourth-order valence-electron chi connectivity index (χ4n) is 5.62. The first-order valence-electron chi connectivity index (χ1n) is 12.6. The summed E-state index contributed by atoms with van der Waals surface area (Å²) in [5, 5.41) is 7.02. The molecule has 2 aromatic heterocycles. The molecular weight excluding hydrogens is 484 g/mol. The number of primary amides is 2. The predicted octanol–water partition coefficient (Wildman–Crippen LogP) is 2.61. The predicted molar refractivity (Wildman–Crippen MR) is 138 cm³/mol. The summed E-state index contributed by atoms with van der Waals surface area (Å²) >= 11 is 0. The Hall–Kier alpha value is -4.28. The van der Waals surface area contributed by atoms with Crippen LogP contribution in [0.5, 0.6) is 0 Å². The second-order valence-corrected chi connectivity index (χ2v) is 9.70. The number of benzene rings is 2. The summed E-state index contributed by atoms with van der Waals surface area (Å²) in [6.07, 6.45) is 1.33. The van der Waals surface area contributed by atoms with Crippen molar-refractivity contribution < 1.29 is 18.4 Å². The Morgan fingerprint density at radius 2 is 1.18 bits per heavy atom. The Labute approximate surface area is 218 Å². The summed E-state index contributed by atoms with van der Waals surface area (Å²) in [4.78, 5) is 32.0. The van der Waals surface area contributed by atoms with Crippen molar-refractivity contribution in [3.05, 3.63) is 93.3 Å². The molecule has 194 valence electrons. The van der Waals surface area contributed by atoms with Crippen molar-refractivity contribution in [2.24, 2.45) is 11.5 Å². The summed E-state index contributed by atoms with van der Waals surface area (Å²) in [5.41, 5.74) is 18.8. The third-order valence-electron chi connectivity index (χ3n) is 7.49. The van der Waals surface area contributed by atoms with Gasteiger partial charge in [0.2, 0.25) is 0 Å². The zero-order valence-electron chi connectivity index (χ0n) is 21.1. The summed E-state index contributed by atoms with van der Waals surface area (Å²) in [7, 11) is 0. The molecule has 0 fully saturated rings. The topological polar surface area (TPSA) is 162 Å². The van der Waals surface area contributed by atoms with Crippen LogP contribution in [0.4, 0.5) is 0 Å². The van der Waals surface area contributed by atoms with E-state index >= 15 is 0 Å². The first-order valence-corrected chi connectivity index (χ1v) is 12.6. The Kier molecular flexibility index (Phi) is 5.85. The quantitative estimate of drug-likeness (QED) is 0.317. The van der Waals surface area contributed by atoms with Crippen molar-refractivity contribution in [1.82, 2.24) is 20.6 Å². The molecule has 6 rings (SSSR count). The molecular formula is C28H28N6O4. The SMILES string of the molecule is Cc1c(-c2cccc(C3NCCc4nc(C(N)=O)oc43)c2C)cccc1C1NCCc2nc(C(N)=O)oc21. The van der Waals surface area contributed by atoms with Gasteiger partial charge in [0.15, 0.2) is 0 Å². The van der Waals surface area contributed by atoms with Crippen molar-refractivity contribution in [2.45, 2.75) is 38.8 Å². The van der Waals surface area contributed by atoms with E-state index in [2.05, 4.69) is 58.7 Å². The third-order valence-corrected chi connectivity index (χ3v) is 7.49. The Bertz CT molecular complexity index is 1470. The molecule has 0 radical (unpaired) electrons. The number of carbonyl (C=O) groups is 2. The molecule has 0 bridgehead atoms. The van der Waals surface area contributed by atoms with E-state index in [-0.39, 0.29) is 23.9 Å². The monoisotopic (exact) mass is 512 g/mol. The van der Waals surface area contributed by atoms with Crippen LogP contribution in [-0.4, -0.2) is 34.9 Å². The zero-order chi connectivity index (χ0) is 26.6. The van der Waals surface area contributed by atoms with E-state index in [4.69, 9.17) is 20.3 Å². The molecule has 2 aromatic carbocycles. The number of rotatable bonds is 5. The summed E-state index contributed by atoms with van der Waals surface area (Å²) in [6, 6.07) is 11.9. The molecule has 38 heavy (non-hydrogen) atoms. The minimum absolute atomic E-state index is 0.0627. The Morgan fingerprint density at radius 3 is 1.58 bits per heavy atom.